The molecule has 0 bridgehead atoms. The lowest BCUT2D eigenvalue weighted by atomic mass is 10.0. The van der Waals surface area contributed by atoms with Crippen molar-refractivity contribution in [2.24, 2.45) is 5.92 Å². The van der Waals surface area contributed by atoms with Crippen molar-refractivity contribution in [2.75, 3.05) is 6.61 Å². The van der Waals surface area contributed by atoms with Gasteiger partial charge in [-0.05, 0) is 12.3 Å². The van der Waals surface area contributed by atoms with Gasteiger partial charge in [0.25, 0.3) is 0 Å². The zero-order valence-corrected chi connectivity index (χ0v) is 12.0. The molecule has 1 unspecified atom stereocenters. The molecule has 0 aliphatic rings. The fourth-order valence-electron chi connectivity index (χ4n) is 1.71. The monoisotopic (exact) mass is 256 g/mol. The zero-order chi connectivity index (χ0) is 12.8. The molecule has 98 valence electrons. The first kappa shape index (κ1) is 14.6. The van der Waals surface area contributed by atoms with Crippen molar-refractivity contribution in [3.8, 4) is 0 Å². The van der Waals surface area contributed by atoms with Gasteiger partial charge in [0.1, 0.15) is 0 Å². The van der Waals surface area contributed by atoms with Gasteiger partial charge in [0.05, 0.1) is 11.6 Å². The number of nitrogens with one attached hydrogen (secondary N) is 1. The van der Waals surface area contributed by atoms with Crippen LogP contribution in [0, 0.1) is 5.92 Å². The van der Waals surface area contributed by atoms with Gasteiger partial charge in [-0.1, -0.05) is 27.7 Å². The van der Waals surface area contributed by atoms with E-state index in [0.29, 0.717) is 11.8 Å². The molecule has 1 heterocycles. The minimum absolute atomic E-state index is 0.194. The van der Waals surface area contributed by atoms with Crippen LogP contribution in [0.15, 0.2) is 6.20 Å². The van der Waals surface area contributed by atoms with Crippen LogP contribution in [0.5, 0.6) is 0 Å². The van der Waals surface area contributed by atoms with Crippen molar-refractivity contribution < 1.29 is 5.11 Å². The number of aliphatic hydroxyl groups is 1. The number of thiazole rings is 1. The van der Waals surface area contributed by atoms with Gasteiger partial charge >= 0.3 is 0 Å². The van der Waals surface area contributed by atoms with Crippen LogP contribution in [0.2, 0.25) is 0 Å². The van der Waals surface area contributed by atoms with Gasteiger partial charge in [-0.15, -0.1) is 11.3 Å². The highest BCUT2D eigenvalue weighted by atomic mass is 32.1. The van der Waals surface area contributed by atoms with E-state index in [2.05, 4.69) is 38.0 Å². The van der Waals surface area contributed by atoms with E-state index >= 15 is 0 Å². The zero-order valence-electron chi connectivity index (χ0n) is 11.2. The third-order valence-corrected chi connectivity index (χ3v) is 3.90. The van der Waals surface area contributed by atoms with Gasteiger partial charge in [0.2, 0.25) is 0 Å². The minimum Gasteiger partial charge on any atom is -0.395 e. The Hall–Kier alpha value is -0.450. The maximum atomic E-state index is 9.27. The highest BCUT2D eigenvalue weighted by molar-refractivity contribution is 7.11. The Morgan fingerprint density at radius 1 is 1.35 bits per heavy atom. The second-order valence-corrected chi connectivity index (χ2v) is 6.36. The number of aromatic nitrogens is 1. The predicted molar refractivity (Wildman–Crippen MR) is 73.4 cm³/mol. The molecule has 0 aliphatic carbocycles. The summed E-state index contributed by atoms with van der Waals surface area (Å²) in [5.74, 6) is 1.10. The van der Waals surface area contributed by atoms with Gasteiger partial charge in [0, 0.05) is 29.6 Å². The summed E-state index contributed by atoms with van der Waals surface area (Å²) in [6, 6.07) is 0.194. The lowest BCUT2D eigenvalue weighted by Gasteiger charge is -2.17. The number of nitrogens with zero attached hydrogens (tertiary/aromatic N) is 1. The van der Waals surface area contributed by atoms with E-state index < -0.39 is 0 Å². The van der Waals surface area contributed by atoms with Crippen LogP contribution in [0.4, 0.5) is 0 Å². The maximum absolute atomic E-state index is 9.27. The first-order valence-electron chi connectivity index (χ1n) is 6.31. The van der Waals surface area contributed by atoms with Gasteiger partial charge < -0.3 is 10.4 Å². The van der Waals surface area contributed by atoms with Gasteiger partial charge in [-0.2, -0.15) is 0 Å². The van der Waals surface area contributed by atoms with Crippen molar-refractivity contribution in [1.29, 1.82) is 0 Å². The molecule has 3 nitrogen and oxygen atoms in total. The molecule has 0 saturated heterocycles. The fourth-order valence-corrected chi connectivity index (χ4v) is 2.58. The van der Waals surface area contributed by atoms with Crippen molar-refractivity contribution in [1.82, 2.24) is 10.3 Å². The molecule has 0 amide bonds. The number of hydrogen-bond donors (Lipinski definition) is 2. The molecule has 0 aromatic carbocycles. The van der Waals surface area contributed by atoms with Crippen LogP contribution in [-0.2, 0) is 6.54 Å². The van der Waals surface area contributed by atoms with E-state index in [0.717, 1.165) is 13.0 Å². The molecule has 0 fully saturated rings. The SMILES string of the molecule is CC(C)CC(CO)NCc1cnc(C(C)C)s1. The molecule has 0 aliphatic heterocycles. The summed E-state index contributed by atoms with van der Waals surface area (Å²) in [4.78, 5) is 5.64. The van der Waals surface area contributed by atoms with E-state index in [1.807, 2.05) is 6.20 Å². The molecule has 1 aromatic heterocycles. The molecule has 0 radical (unpaired) electrons. The van der Waals surface area contributed by atoms with Gasteiger partial charge in [0.15, 0.2) is 0 Å². The third kappa shape index (κ3) is 5.15. The summed E-state index contributed by atoms with van der Waals surface area (Å²) in [5, 5.41) is 13.8. The lowest BCUT2D eigenvalue weighted by molar-refractivity contribution is 0.224. The summed E-state index contributed by atoms with van der Waals surface area (Å²) < 4.78 is 0. The normalized spacial score (nSPS) is 13.6. The topological polar surface area (TPSA) is 45.1 Å². The standard InChI is InChI=1S/C13H24N2OS/c1-9(2)5-11(8-16)14-6-12-7-15-13(17-12)10(3)4/h7,9-11,14,16H,5-6,8H2,1-4H3. The molecule has 2 N–H and O–H groups in total. The van der Waals surface area contributed by atoms with Gasteiger partial charge in [-0.25, -0.2) is 4.98 Å². The minimum atomic E-state index is 0.194. The highest BCUT2D eigenvalue weighted by Gasteiger charge is 2.10. The van der Waals surface area contributed by atoms with E-state index in [1.54, 1.807) is 11.3 Å². The first-order chi connectivity index (χ1) is 8.02. The fraction of sp³-hybridized carbons (Fsp3) is 0.769. The van der Waals surface area contributed by atoms with E-state index in [4.69, 9.17) is 0 Å². The highest BCUT2D eigenvalue weighted by Crippen LogP contribution is 2.21. The second kappa shape index (κ2) is 7.09. The average Bonchev–Trinajstić information content (AvgIpc) is 2.72. The molecule has 4 heteroatoms. The smallest absolute Gasteiger partial charge is 0.0953 e. The largest absolute Gasteiger partial charge is 0.395 e. The van der Waals surface area contributed by atoms with Crippen LogP contribution in [0.3, 0.4) is 0 Å². The first-order valence-corrected chi connectivity index (χ1v) is 7.13. The van der Waals surface area contributed by atoms with Crippen LogP contribution < -0.4 is 5.32 Å². The summed E-state index contributed by atoms with van der Waals surface area (Å²) in [6.07, 6.45) is 2.95. The van der Waals surface area contributed by atoms with Crippen LogP contribution in [-0.4, -0.2) is 22.7 Å². The maximum Gasteiger partial charge on any atom is 0.0953 e. The van der Waals surface area contributed by atoms with Crippen molar-refractivity contribution in [2.45, 2.75) is 52.6 Å². The Balaban J connectivity index is 2.42. The Labute approximate surface area is 108 Å². The van der Waals surface area contributed by atoms with E-state index in [-0.39, 0.29) is 12.6 Å². The molecule has 1 aromatic rings. The van der Waals surface area contributed by atoms with Crippen LogP contribution >= 0.6 is 11.3 Å². The van der Waals surface area contributed by atoms with E-state index in [1.165, 1.54) is 9.88 Å². The third-order valence-electron chi connectivity index (χ3n) is 2.61. The Kier molecular flexibility index (Phi) is 6.09. The van der Waals surface area contributed by atoms with Crippen molar-refractivity contribution in [3.05, 3.63) is 16.1 Å². The molecular formula is C13H24N2OS. The Morgan fingerprint density at radius 3 is 2.53 bits per heavy atom. The summed E-state index contributed by atoms with van der Waals surface area (Å²) >= 11 is 1.76. The molecule has 0 saturated carbocycles. The lowest BCUT2D eigenvalue weighted by Crippen LogP contribution is -2.33. The van der Waals surface area contributed by atoms with E-state index in [9.17, 15) is 5.11 Å². The van der Waals surface area contributed by atoms with Gasteiger partial charge in [-0.3, -0.25) is 0 Å². The van der Waals surface area contributed by atoms with Crippen molar-refractivity contribution in [3.63, 3.8) is 0 Å². The average molecular weight is 256 g/mol. The summed E-state index contributed by atoms with van der Waals surface area (Å²) in [7, 11) is 0. The van der Waals surface area contributed by atoms with Crippen molar-refractivity contribution >= 4 is 11.3 Å². The summed E-state index contributed by atoms with van der Waals surface area (Å²) in [5.41, 5.74) is 0. The second-order valence-electron chi connectivity index (χ2n) is 5.21. The number of aliphatic hydroxyl groups excluding tert-OH is 1. The van der Waals surface area contributed by atoms with Crippen LogP contribution in [0.1, 0.15) is 49.9 Å². The Morgan fingerprint density at radius 2 is 2.06 bits per heavy atom. The quantitative estimate of drug-likeness (QED) is 0.788. The molecular weight excluding hydrogens is 232 g/mol. The summed E-state index contributed by atoms with van der Waals surface area (Å²) in [6.45, 7) is 9.68. The molecule has 1 atom stereocenters. The predicted octanol–water partition coefficient (Wildman–Crippen LogP) is 2.76. The number of rotatable bonds is 7. The van der Waals surface area contributed by atoms with Crippen LogP contribution in [0.25, 0.3) is 0 Å². The Bertz CT molecular complexity index is 323. The molecule has 0 spiro atoms. The molecule has 17 heavy (non-hydrogen) atoms. The molecule has 1 rings (SSSR count). The number of hydrogen-bond acceptors (Lipinski definition) is 4.